The van der Waals surface area contributed by atoms with E-state index in [-0.39, 0.29) is 5.91 Å². The molecule has 1 aromatic carbocycles. The Morgan fingerprint density at radius 1 is 1.40 bits per heavy atom. The molecule has 1 aliphatic rings. The molecular formula is C18H27ClN4O2. The number of benzene rings is 1. The van der Waals surface area contributed by atoms with E-state index in [4.69, 9.17) is 16.3 Å². The van der Waals surface area contributed by atoms with Gasteiger partial charge in [0.05, 0.1) is 6.61 Å². The molecule has 1 aromatic rings. The first-order valence-corrected chi connectivity index (χ1v) is 9.01. The minimum absolute atomic E-state index is 0.00410. The summed E-state index contributed by atoms with van der Waals surface area (Å²) < 4.78 is 5.41. The van der Waals surface area contributed by atoms with Crippen molar-refractivity contribution in [2.45, 2.75) is 19.3 Å². The number of anilines is 1. The Labute approximate surface area is 154 Å². The summed E-state index contributed by atoms with van der Waals surface area (Å²) in [6, 6.07) is 7.10. The lowest BCUT2D eigenvalue weighted by molar-refractivity contribution is -0.116. The zero-order valence-electron chi connectivity index (χ0n) is 14.9. The highest BCUT2D eigenvalue weighted by Gasteiger charge is 2.18. The summed E-state index contributed by atoms with van der Waals surface area (Å²) in [5.74, 6) is 1.41. The molecule has 0 bridgehead atoms. The van der Waals surface area contributed by atoms with Crippen molar-refractivity contribution >= 4 is 29.2 Å². The monoisotopic (exact) mass is 366 g/mol. The Balaban J connectivity index is 1.64. The van der Waals surface area contributed by atoms with Crippen molar-refractivity contribution in [3.8, 4) is 0 Å². The largest absolute Gasteiger partial charge is 0.381 e. The van der Waals surface area contributed by atoms with Crippen LogP contribution in [0.25, 0.3) is 0 Å². The molecule has 1 heterocycles. The summed E-state index contributed by atoms with van der Waals surface area (Å²) in [6.07, 6.45) is 2.29. The minimum Gasteiger partial charge on any atom is -0.381 e. The normalized spacial score (nSPS) is 17.4. The lowest BCUT2D eigenvalue weighted by Crippen LogP contribution is -2.41. The fourth-order valence-electron chi connectivity index (χ4n) is 2.79. The van der Waals surface area contributed by atoms with Gasteiger partial charge in [0, 0.05) is 56.8 Å². The predicted octanol–water partition coefficient (Wildman–Crippen LogP) is 2.60. The SMILES string of the molecule is CN=C(NCCCC(=O)Nc1ccc(Cl)cc1)N(C)CC1CCOC1. The van der Waals surface area contributed by atoms with Gasteiger partial charge in [0.15, 0.2) is 5.96 Å². The Hall–Kier alpha value is -1.79. The third-order valence-electron chi connectivity index (χ3n) is 4.12. The second-order valence-electron chi connectivity index (χ2n) is 6.24. The number of ether oxygens (including phenoxy) is 1. The lowest BCUT2D eigenvalue weighted by atomic mass is 10.1. The standard InChI is InChI=1S/C18H27ClN4O2/c1-20-18(23(2)12-14-9-11-25-13-14)21-10-3-4-17(24)22-16-7-5-15(19)6-8-16/h5-8,14H,3-4,9-13H2,1-2H3,(H,20,21)(H,22,24). The number of nitrogens with zero attached hydrogens (tertiary/aromatic N) is 2. The zero-order valence-corrected chi connectivity index (χ0v) is 15.7. The summed E-state index contributed by atoms with van der Waals surface area (Å²) in [5, 5.41) is 6.82. The molecule has 1 fully saturated rings. The van der Waals surface area contributed by atoms with Crippen molar-refractivity contribution in [2.75, 3.05) is 45.7 Å². The molecule has 7 heteroatoms. The van der Waals surface area contributed by atoms with Gasteiger partial charge >= 0.3 is 0 Å². The van der Waals surface area contributed by atoms with E-state index < -0.39 is 0 Å². The maximum Gasteiger partial charge on any atom is 0.224 e. The summed E-state index contributed by atoms with van der Waals surface area (Å²) in [7, 11) is 3.80. The van der Waals surface area contributed by atoms with Gasteiger partial charge in [-0.15, -0.1) is 0 Å². The molecule has 0 radical (unpaired) electrons. The van der Waals surface area contributed by atoms with Gasteiger partial charge in [-0.05, 0) is 37.1 Å². The predicted molar refractivity (Wildman–Crippen MR) is 102 cm³/mol. The Morgan fingerprint density at radius 3 is 2.80 bits per heavy atom. The van der Waals surface area contributed by atoms with Crippen LogP contribution in [0.4, 0.5) is 5.69 Å². The van der Waals surface area contributed by atoms with E-state index in [1.54, 1.807) is 31.3 Å². The number of hydrogen-bond acceptors (Lipinski definition) is 3. The quantitative estimate of drug-likeness (QED) is 0.442. The van der Waals surface area contributed by atoms with Crippen molar-refractivity contribution in [1.82, 2.24) is 10.2 Å². The van der Waals surface area contributed by atoms with Crippen LogP contribution in [0.15, 0.2) is 29.3 Å². The summed E-state index contributed by atoms with van der Waals surface area (Å²) >= 11 is 5.83. The average molecular weight is 367 g/mol. The Bertz CT molecular complexity index is 571. The molecule has 0 aliphatic carbocycles. The van der Waals surface area contributed by atoms with E-state index >= 15 is 0 Å². The molecule has 138 valence electrons. The average Bonchev–Trinajstić information content (AvgIpc) is 3.10. The molecule has 0 saturated carbocycles. The first kappa shape index (κ1) is 19.5. The Kier molecular flexibility index (Phi) is 8.01. The number of amides is 1. The third kappa shape index (κ3) is 6.92. The molecular weight excluding hydrogens is 340 g/mol. The zero-order chi connectivity index (χ0) is 18.1. The molecule has 1 unspecified atom stereocenters. The van der Waals surface area contributed by atoms with Crippen molar-refractivity contribution in [1.29, 1.82) is 0 Å². The van der Waals surface area contributed by atoms with Gasteiger partial charge in [0.1, 0.15) is 0 Å². The molecule has 1 saturated heterocycles. The molecule has 2 N–H and O–H groups in total. The van der Waals surface area contributed by atoms with Gasteiger partial charge in [-0.2, -0.15) is 0 Å². The summed E-state index contributed by atoms with van der Waals surface area (Å²) in [4.78, 5) is 18.4. The maximum absolute atomic E-state index is 11.9. The number of guanidine groups is 1. The first-order chi connectivity index (χ1) is 12.1. The number of halogens is 1. The number of carbonyl (C=O) groups is 1. The second kappa shape index (κ2) is 10.3. The fourth-order valence-corrected chi connectivity index (χ4v) is 2.92. The molecule has 6 nitrogen and oxygen atoms in total. The van der Waals surface area contributed by atoms with Crippen LogP contribution in [-0.2, 0) is 9.53 Å². The van der Waals surface area contributed by atoms with Crippen LogP contribution in [0.2, 0.25) is 5.02 Å². The van der Waals surface area contributed by atoms with Gasteiger partial charge < -0.3 is 20.3 Å². The highest BCUT2D eigenvalue weighted by molar-refractivity contribution is 6.30. The van der Waals surface area contributed by atoms with Crippen LogP contribution >= 0.6 is 11.6 Å². The molecule has 2 rings (SSSR count). The van der Waals surface area contributed by atoms with E-state index in [1.165, 1.54) is 0 Å². The molecule has 0 spiro atoms. The van der Waals surface area contributed by atoms with Crippen LogP contribution in [0, 0.1) is 5.92 Å². The van der Waals surface area contributed by atoms with Crippen molar-refractivity contribution < 1.29 is 9.53 Å². The van der Waals surface area contributed by atoms with Crippen molar-refractivity contribution in [3.05, 3.63) is 29.3 Å². The minimum atomic E-state index is -0.00410. The summed E-state index contributed by atoms with van der Waals surface area (Å²) in [5.41, 5.74) is 0.761. The van der Waals surface area contributed by atoms with Gasteiger partial charge in [0.25, 0.3) is 0 Å². The highest BCUT2D eigenvalue weighted by atomic mass is 35.5. The first-order valence-electron chi connectivity index (χ1n) is 8.63. The number of aliphatic imine (C=N–C) groups is 1. The van der Waals surface area contributed by atoms with Crippen LogP contribution in [0.1, 0.15) is 19.3 Å². The smallest absolute Gasteiger partial charge is 0.224 e. The van der Waals surface area contributed by atoms with E-state index in [1.807, 2.05) is 7.05 Å². The molecule has 25 heavy (non-hydrogen) atoms. The van der Waals surface area contributed by atoms with E-state index in [9.17, 15) is 4.79 Å². The van der Waals surface area contributed by atoms with Crippen LogP contribution in [0.5, 0.6) is 0 Å². The fraction of sp³-hybridized carbons (Fsp3) is 0.556. The lowest BCUT2D eigenvalue weighted by Gasteiger charge is -2.24. The number of carbonyl (C=O) groups excluding carboxylic acids is 1. The van der Waals surface area contributed by atoms with Crippen LogP contribution in [-0.4, -0.2) is 57.2 Å². The van der Waals surface area contributed by atoms with Gasteiger partial charge in [-0.1, -0.05) is 11.6 Å². The van der Waals surface area contributed by atoms with E-state index in [2.05, 4.69) is 20.5 Å². The summed E-state index contributed by atoms with van der Waals surface area (Å²) in [6.45, 7) is 3.31. The van der Waals surface area contributed by atoms with Crippen LogP contribution in [0.3, 0.4) is 0 Å². The highest BCUT2D eigenvalue weighted by Crippen LogP contribution is 2.14. The third-order valence-corrected chi connectivity index (χ3v) is 4.37. The molecule has 1 aliphatic heterocycles. The van der Waals surface area contributed by atoms with Crippen molar-refractivity contribution in [2.24, 2.45) is 10.9 Å². The number of rotatable bonds is 7. The van der Waals surface area contributed by atoms with Gasteiger partial charge in [-0.3, -0.25) is 9.79 Å². The molecule has 1 amide bonds. The second-order valence-corrected chi connectivity index (χ2v) is 6.68. The van der Waals surface area contributed by atoms with E-state index in [0.717, 1.165) is 44.2 Å². The van der Waals surface area contributed by atoms with Gasteiger partial charge in [0.2, 0.25) is 5.91 Å². The van der Waals surface area contributed by atoms with E-state index in [0.29, 0.717) is 23.9 Å². The maximum atomic E-state index is 11.9. The van der Waals surface area contributed by atoms with Crippen molar-refractivity contribution in [3.63, 3.8) is 0 Å². The number of nitrogens with one attached hydrogen (secondary N) is 2. The number of hydrogen-bond donors (Lipinski definition) is 2. The molecule has 0 aromatic heterocycles. The van der Waals surface area contributed by atoms with Crippen LogP contribution < -0.4 is 10.6 Å². The topological polar surface area (TPSA) is 66.0 Å². The molecule has 1 atom stereocenters. The Morgan fingerprint density at radius 2 is 2.16 bits per heavy atom. The van der Waals surface area contributed by atoms with Gasteiger partial charge in [-0.25, -0.2) is 0 Å².